The lowest BCUT2D eigenvalue weighted by molar-refractivity contribution is -0.192. The van der Waals surface area contributed by atoms with E-state index >= 15 is 4.39 Å². The number of alkyl halides is 3. The molecule has 284 valence electrons. The second kappa shape index (κ2) is 16.8. The number of nitrogen functional groups attached to an aromatic ring is 1. The topological polar surface area (TPSA) is 190 Å². The van der Waals surface area contributed by atoms with Gasteiger partial charge in [0.05, 0.1) is 30.4 Å². The number of hydrogen-bond donors (Lipinski definition) is 4. The van der Waals surface area contributed by atoms with Crippen molar-refractivity contribution in [3.63, 3.8) is 0 Å². The van der Waals surface area contributed by atoms with Crippen LogP contribution in [0.3, 0.4) is 0 Å². The van der Waals surface area contributed by atoms with Crippen molar-refractivity contribution < 1.29 is 54.9 Å². The number of benzene rings is 3. The van der Waals surface area contributed by atoms with Crippen molar-refractivity contribution in [3.05, 3.63) is 83.8 Å². The number of likely N-dealkylation sites (tertiary alicyclic amines) is 1. The maximum Gasteiger partial charge on any atom is 0.490 e. The molecule has 1 fully saturated rings. The largest absolute Gasteiger partial charge is 0.494 e. The quantitative estimate of drug-likeness (QED) is 0.129. The number of ether oxygens (including phenoxy) is 2. The molecule has 5 rings (SSSR count). The van der Waals surface area contributed by atoms with E-state index in [1.807, 2.05) is 0 Å². The zero-order valence-electron chi connectivity index (χ0n) is 28.7. The van der Waals surface area contributed by atoms with E-state index in [0.717, 1.165) is 10.8 Å². The lowest BCUT2D eigenvalue weighted by Gasteiger charge is -2.31. The number of nitrogens with two attached hydrogens (primary N) is 1. The van der Waals surface area contributed by atoms with Crippen LogP contribution in [0.4, 0.5) is 39.5 Å². The molecule has 13 nitrogen and oxygen atoms in total. The summed E-state index contributed by atoms with van der Waals surface area (Å²) in [5, 5.41) is 14.4. The van der Waals surface area contributed by atoms with Crippen LogP contribution in [0.2, 0.25) is 0 Å². The van der Waals surface area contributed by atoms with E-state index in [1.54, 1.807) is 55.3 Å². The molecule has 0 bridgehead atoms. The minimum Gasteiger partial charge on any atom is -0.494 e. The van der Waals surface area contributed by atoms with Crippen LogP contribution in [-0.2, 0) is 24.2 Å². The Morgan fingerprint density at radius 1 is 1.06 bits per heavy atom. The van der Waals surface area contributed by atoms with Crippen LogP contribution in [0, 0.1) is 5.82 Å². The molecular weight excluding hydrogens is 726 g/mol. The van der Waals surface area contributed by atoms with E-state index in [-0.39, 0.29) is 16.2 Å². The molecule has 1 saturated heterocycles. The zero-order chi connectivity index (χ0) is 39.1. The van der Waals surface area contributed by atoms with E-state index < -0.39 is 51.9 Å². The molecule has 18 heteroatoms. The number of carboxylic acid groups (broad SMARTS) is 1. The molecule has 3 aromatic carbocycles. The SMILES string of the molecule is CCOc1ccc(F)c([C@H](Nc2ccc3c(N)nccc3c2)C(=O)N2CCC[C@@H]2c2cc(NC(=O)OC)ccc2S(=O)(=O)CC)c1.O=C(O)C(F)(F)F. The summed E-state index contributed by atoms with van der Waals surface area (Å²) in [6.07, 6.45) is -3.20. The third kappa shape index (κ3) is 9.62. The number of pyridine rings is 1. The summed E-state index contributed by atoms with van der Waals surface area (Å²) in [6.45, 7) is 3.99. The van der Waals surface area contributed by atoms with Gasteiger partial charge in [-0.2, -0.15) is 13.2 Å². The lowest BCUT2D eigenvalue weighted by atomic mass is 10.00. The Labute approximate surface area is 302 Å². The maximum atomic E-state index is 15.6. The summed E-state index contributed by atoms with van der Waals surface area (Å²) < 4.78 is 84.1. The van der Waals surface area contributed by atoms with E-state index in [1.165, 1.54) is 37.4 Å². The number of anilines is 3. The van der Waals surface area contributed by atoms with Crippen LogP contribution >= 0.6 is 0 Å². The van der Waals surface area contributed by atoms with Gasteiger partial charge in [-0.05, 0) is 91.4 Å². The third-order valence-electron chi connectivity index (χ3n) is 8.24. The number of aliphatic carboxylic acids is 1. The molecule has 1 aliphatic heterocycles. The molecule has 0 spiro atoms. The number of hydrogen-bond acceptors (Lipinski definition) is 10. The van der Waals surface area contributed by atoms with Crippen LogP contribution < -0.4 is 21.1 Å². The van der Waals surface area contributed by atoms with Gasteiger partial charge in [-0.3, -0.25) is 10.1 Å². The molecule has 5 N–H and O–H groups in total. The number of rotatable bonds is 10. The molecule has 0 saturated carbocycles. The molecule has 1 aromatic heterocycles. The van der Waals surface area contributed by atoms with Gasteiger partial charge in [-0.15, -0.1) is 0 Å². The van der Waals surface area contributed by atoms with Crippen LogP contribution in [0.15, 0.2) is 71.8 Å². The minimum atomic E-state index is -5.08. The average Bonchev–Trinajstić information content (AvgIpc) is 3.61. The first-order valence-electron chi connectivity index (χ1n) is 16.2. The molecular formula is C35H37F4N5O8S. The van der Waals surface area contributed by atoms with Gasteiger partial charge in [0.2, 0.25) is 5.91 Å². The number of sulfone groups is 1. The Hall–Kier alpha value is -5.65. The summed E-state index contributed by atoms with van der Waals surface area (Å²) in [4.78, 5) is 41.2. The van der Waals surface area contributed by atoms with Gasteiger partial charge >= 0.3 is 18.2 Å². The third-order valence-corrected chi connectivity index (χ3v) is 10.0. The Bertz CT molecular complexity index is 2100. The highest BCUT2D eigenvalue weighted by molar-refractivity contribution is 7.91. The number of methoxy groups -OCH3 is 1. The van der Waals surface area contributed by atoms with E-state index in [9.17, 15) is 31.2 Å². The van der Waals surface area contributed by atoms with Gasteiger partial charge in [0, 0.05) is 35.1 Å². The summed E-state index contributed by atoms with van der Waals surface area (Å²) in [6, 6.07) is 13.9. The summed E-state index contributed by atoms with van der Waals surface area (Å²) in [5.74, 6) is -3.24. The Morgan fingerprint density at radius 3 is 2.40 bits per heavy atom. The second-order valence-corrected chi connectivity index (χ2v) is 13.8. The summed E-state index contributed by atoms with van der Waals surface area (Å²) in [7, 11) is -2.50. The molecule has 4 aromatic rings. The van der Waals surface area contributed by atoms with Crippen LogP contribution in [0.25, 0.3) is 10.8 Å². The highest BCUT2D eigenvalue weighted by Crippen LogP contribution is 2.40. The highest BCUT2D eigenvalue weighted by Gasteiger charge is 2.39. The predicted octanol–water partition coefficient (Wildman–Crippen LogP) is 6.48. The maximum absolute atomic E-state index is 15.6. The van der Waals surface area contributed by atoms with Crippen LogP contribution in [0.5, 0.6) is 5.75 Å². The number of amides is 2. The minimum absolute atomic E-state index is 0.0601. The molecule has 0 radical (unpaired) electrons. The number of carbonyl (C=O) groups is 3. The second-order valence-electron chi connectivity index (χ2n) is 11.6. The van der Waals surface area contributed by atoms with Crippen molar-refractivity contribution in [2.24, 2.45) is 0 Å². The van der Waals surface area contributed by atoms with Crippen molar-refractivity contribution in [2.45, 2.75) is 49.8 Å². The summed E-state index contributed by atoms with van der Waals surface area (Å²) in [5.41, 5.74) is 7.31. The molecule has 0 unspecified atom stereocenters. The van der Waals surface area contributed by atoms with E-state index in [2.05, 4.69) is 15.6 Å². The normalized spacial score (nSPS) is 14.8. The number of fused-ring (bicyclic) bond motifs is 1. The first-order valence-corrected chi connectivity index (χ1v) is 17.8. The van der Waals surface area contributed by atoms with Gasteiger partial charge in [0.1, 0.15) is 23.4 Å². The fourth-order valence-electron chi connectivity index (χ4n) is 5.74. The number of carbonyl (C=O) groups excluding carboxylic acids is 2. The van der Waals surface area contributed by atoms with Crippen molar-refractivity contribution in [1.82, 2.24) is 9.88 Å². The van der Waals surface area contributed by atoms with Crippen molar-refractivity contribution >= 4 is 55.8 Å². The fourth-order valence-corrected chi connectivity index (χ4v) is 6.88. The Kier molecular flexibility index (Phi) is 12.7. The standard InChI is InChI=1S/C33H36FN5O6S.C2HF3O2/c1-4-45-23-10-12-27(34)25(19-23)30(37-21-8-11-24-20(17-21)14-15-36-31(24)35)32(40)39-16-6-7-28(39)26-18-22(38-33(41)44-3)9-13-29(26)46(42,43)5-2;3-2(4,5)1(6)7/h8-15,17-19,28,30,37H,4-7,16H2,1-3H3,(H2,35,36)(H,38,41);(H,6,7)/t28-,30+;/m1./s1. The van der Waals surface area contributed by atoms with E-state index in [0.29, 0.717) is 54.5 Å². The molecule has 2 amide bonds. The number of nitrogens with one attached hydrogen (secondary N) is 2. The van der Waals surface area contributed by atoms with Crippen molar-refractivity contribution in [2.75, 3.05) is 42.4 Å². The number of halogens is 4. The number of nitrogens with zero attached hydrogens (tertiary/aromatic N) is 2. The molecule has 53 heavy (non-hydrogen) atoms. The number of aromatic nitrogens is 1. The Balaban J connectivity index is 0.000000815. The highest BCUT2D eigenvalue weighted by atomic mass is 32.2. The first-order chi connectivity index (χ1) is 25.0. The number of carboxylic acids is 1. The van der Waals surface area contributed by atoms with Crippen LogP contribution in [-0.4, -0.2) is 73.6 Å². The Morgan fingerprint density at radius 2 is 1.75 bits per heavy atom. The fraction of sp³-hybridized carbons (Fsp3) is 0.314. The van der Waals surface area contributed by atoms with Gasteiger partial charge in [-0.25, -0.2) is 27.4 Å². The van der Waals surface area contributed by atoms with Gasteiger partial charge in [0.25, 0.3) is 0 Å². The van der Waals surface area contributed by atoms with Crippen molar-refractivity contribution in [1.29, 1.82) is 0 Å². The molecule has 2 heterocycles. The molecule has 0 aliphatic carbocycles. The zero-order valence-corrected chi connectivity index (χ0v) is 29.6. The average molecular weight is 764 g/mol. The molecule has 2 atom stereocenters. The monoisotopic (exact) mass is 763 g/mol. The summed E-state index contributed by atoms with van der Waals surface area (Å²) >= 11 is 0. The van der Waals surface area contributed by atoms with Gasteiger partial charge < -0.3 is 30.5 Å². The van der Waals surface area contributed by atoms with E-state index in [4.69, 9.17) is 25.1 Å². The van der Waals surface area contributed by atoms with Crippen molar-refractivity contribution in [3.8, 4) is 5.75 Å². The van der Waals surface area contributed by atoms with Gasteiger partial charge in [0.15, 0.2) is 9.84 Å². The smallest absolute Gasteiger partial charge is 0.490 e. The van der Waals surface area contributed by atoms with Crippen LogP contribution in [0.1, 0.15) is 49.9 Å². The first kappa shape index (κ1) is 40.1. The molecule has 1 aliphatic rings. The van der Waals surface area contributed by atoms with Gasteiger partial charge in [-0.1, -0.05) is 6.92 Å². The lowest BCUT2D eigenvalue weighted by Crippen LogP contribution is -2.38. The predicted molar refractivity (Wildman–Crippen MR) is 188 cm³/mol.